The Bertz CT molecular complexity index is 6490. The summed E-state index contributed by atoms with van der Waals surface area (Å²) in [4.78, 5) is 177. The van der Waals surface area contributed by atoms with Gasteiger partial charge in [0.15, 0.2) is 38.7 Å². The van der Waals surface area contributed by atoms with Gasteiger partial charge in [-0.2, -0.15) is 0 Å². The van der Waals surface area contributed by atoms with Crippen molar-refractivity contribution in [3.63, 3.8) is 0 Å². The highest BCUT2D eigenvalue weighted by atomic mass is 127. The number of benzene rings is 8. The summed E-state index contributed by atoms with van der Waals surface area (Å²) in [6.45, 7) is 7.18. The summed E-state index contributed by atoms with van der Waals surface area (Å²) in [5.41, 5.74) is 2.50. The minimum absolute atomic E-state index is 0.00455. The van der Waals surface area contributed by atoms with Crippen LogP contribution in [-0.2, 0) is 88.1 Å². The number of aromatic carboxylic acids is 1. The third-order valence-electron chi connectivity index (χ3n) is 21.6. The van der Waals surface area contributed by atoms with Crippen molar-refractivity contribution in [2.45, 2.75) is 138 Å². The topological polar surface area (TPSA) is 457 Å². The number of Topliss-reactive ketones (excluding diaryl/α,β-unsaturated/α-hetero) is 1. The number of carboxylic acid groups (broad SMARTS) is 1. The normalized spacial score (nSPS) is 14.6. The molecule has 0 bridgehead atoms. The van der Waals surface area contributed by atoms with Gasteiger partial charge in [-0.15, -0.1) is 0 Å². The van der Waals surface area contributed by atoms with Crippen LogP contribution >= 0.6 is 22.6 Å². The van der Waals surface area contributed by atoms with Gasteiger partial charge in [-0.1, -0.05) is 105 Å². The fourth-order valence-corrected chi connectivity index (χ4v) is 17.7. The lowest BCUT2D eigenvalue weighted by molar-refractivity contribution is -0.137. The number of carbonyl (C=O) groups is 12. The Kier molecular flexibility index (Phi) is 33.0. The van der Waals surface area contributed by atoms with Crippen LogP contribution in [0.15, 0.2) is 177 Å². The molecule has 0 aliphatic carbocycles. The smallest absolute Gasteiger partial charge is 0.335 e. The number of hydrogen-bond donors (Lipinski definition) is 5. The second kappa shape index (κ2) is 44.1. The molecule has 14 rings (SSSR count). The lowest BCUT2D eigenvalue weighted by Gasteiger charge is -2.27. The van der Waals surface area contributed by atoms with Gasteiger partial charge < -0.3 is 44.2 Å². The minimum atomic E-state index is -4.03. The molecule has 38 heteroatoms. The van der Waals surface area contributed by atoms with E-state index < -0.39 is 109 Å². The van der Waals surface area contributed by atoms with Gasteiger partial charge in [-0.25, -0.2) is 31.2 Å². The molecule has 2 saturated heterocycles. The van der Waals surface area contributed by atoms with Crippen LogP contribution < -0.4 is 61.1 Å². The number of piperidine rings is 2. The number of carboxylic acids is 1. The number of halogens is 1. The maximum atomic E-state index is 14.0. The number of amides is 10. The first-order chi connectivity index (χ1) is 62.7. The lowest BCUT2D eigenvalue weighted by atomic mass is 10.0. The Morgan fingerprint density at radius 2 is 0.824 bits per heavy atom. The third kappa shape index (κ3) is 23.3. The van der Waals surface area contributed by atoms with Gasteiger partial charge in [-0.3, -0.25) is 91.4 Å². The second-order valence-corrected chi connectivity index (χ2v) is 34.9. The van der Waals surface area contributed by atoms with Crippen molar-refractivity contribution < 1.29 is 108 Å². The van der Waals surface area contributed by atoms with Gasteiger partial charge >= 0.3 is 17.3 Å². The molecule has 10 aromatic rings. The van der Waals surface area contributed by atoms with E-state index in [1.807, 2.05) is 18.8 Å². The number of imide groups is 4. The van der Waals surface area contributed by atoms with Crippen LogP contribution in [0, 0.1) is 0 Å². The summed E-state index contributed by atoms with van der Waals surface area (Å²) in [6, 6.07) is 38.3. The number of alkyl halides is 1. The summed E-state index contributed by atoms with van der Waals surface area (Å²) in [5, 5.41) is 19.0. The maximum absolute atomic E-state index is 14.0. The number of sulfone groups is 2. The highest BCUT2D eigenvalue weighted by Crippen LogP contribution is 2.39. The molecule has 2 atom stereocenters. The van der Waals surface area contributed by atoms with E-state index in [-0.39, 0.29) is 134 Å². The number of ketones is 1. The molecule has 0 spiro atoms. The predicted octanol–water partition coefficient (Wildman–Crippen LogP) is 10.7. The quantitative estimate of drug-likeness (QED) is 0.00800. The Hall–Kier alpha value is -13.6. The average molecular weight is 1950 g/mol. The molecule has 2 aromatic heterocycles. The molecule has 4 aliphatic heterocycles. The Morgan fingerprint density at radius 3 is 1.24 bits per heavy atom. The first-order valence-electron chi connectivity index (χ1n) is 42.2. The van der Waals surface area contributed by atoms with Crippen LogP contribution in [0.3, 0.4) is 0 Å². The van der Waals surface area contributed by atoms with E-state index in [1.54, 1.807) is 113 Å². The van der Waals surface area contributed by atoms with E-state index in [0.717, 1.165) is 48.0 Å². The number of unbranched alkanes of at least 4 members (excludes halogenated alkanes) is 4. The van der Waals surface area contributed by atoms with Gasteiger partial charge in [0.25, 0.3) is 35.4 Å². The fourth-order valence-electron chi connectivity index (χ4n) is 14.9. The van der Waals surface area contributed by atoms with Crippen molar-refractivity contribution >= 4 is 135 Å². The number of aryl methyl sites for hydroxylation is 4. The molecule has 5 N–H and O–H groups in total. The molecule has 0 radical (unpaired) electrons. The van der Waals surface area contributed by atoms with Crippen LogP contribution in [-0.4, -0.2) is 177 Å². The molecule has 690 valence electrons. The third-order valence-corrected chi connectivity index (χ3v) is 25.0. The van der Waals surface area contributed by atoms with Gasteiger partial charge in [-0.05, 0) is 141 Å². The number of carbonyl (C=O) groups excluding carboxylic acids is 11. The van der Waals surface area contributed by atoms with Crippen LogP contribution in [0.25, 0.3) is 22.1 Å². The summed E-state index contributed by atoms with van der Waals surface area (Å²) < 4.78 is 95.3. The Balaban J connectivity index is 0.000000208. The van der Waals surface area contributed by atoms with E-state index >= 15 is 0 Å². The molecule has 131 heavy (non-hydrogen) atoms. The molecule has 10 amide bonds. The minimum Gasteiger partial charge on any atom is -0.493 e. The number of rotatable bonds is 36. The van der Waals surface area contributed by atoms with Crippen LogP contribution in [0.4, 0.5) is 0 Å². The molecule has 4 aliphatic rings. The molecule has 35 nitrogen and oxygen atoms in total. The van der Waals surface area contributed by atoms with E-state index in [0.29, 0.717) is 95.2 Å². The number of fused-ring (bicyclic) bond motifs is 4. The number of nitrogens with zero attached hydrogens (tertiary/aromatic N) is 6. The Morgan fingerprint density at radius 1 is 0.435 bits per heavy atom. The SMILES string of the molecule is CCCCCNC(=O)COc1cccc2c1C(=O)N(C1CCC(=O)NC1=O)C2=O.CCCOc1cccc(Oc2cc3c(cc2CS(=O)(=O)c2cccc(C(=O)CCCCCNC(=O)COc4cccc5c4C(=O)N(C4CCC(=O)NC4=O)C5=O)c2)n(C)c(=O)n3C)c1.CCCOc1cccc(Oc2cc3c(cc2CS(=O)(=O)c2cccc(C(=O)O)c2)n(C)c(=O)n3C)c1.CI. The predicted molar refractivity (Wildman–Crippen MR) is 488 cm³/mol. The summed E-state index contributed by atoms with van der Waals surface area (Å²) >= 11 is 2.15. The summed E-state index contributed by atoms with van der Waals surface area (Å²) in [7, 11) is -1.52. The molecule has 8 aromatic carbocycles. The number of hydrogen-bond acceptors (Lipinski definition) is 24. The zero-order valence-corrected chi connectivity index (χ0v) is 76.9. The van der Waals surface area contributed by atoms with E-state index in [4.69, 9.17) is 28.4 Å². The van der Waals surface area contributed by atoms with Crippen molar-refractivity contribution in [1.82, 2.24) is 49.3 Å². The second-order valence-electron chi connectivity index (χ2n) is 30.9. The molecular formula is C93H99IN10O25S2. The molecule has 2 fully saturated rings. The van der Waals surface area contributed by atoms with Gasteiger partial charge in [0, 0.05) is 101 Å². The van der Waals surface area contributed by atoms with E-state index in [1.165, 1.54) is 85.0 Å². The summed E-state index contributed by atoms with van der Waals surface area (Å²) in [5.74, 6) is -5.58. The highest BCUT2D eigenvalue weighted by Gasteiger charge is 2.48. The number of ether oxygens (including phenoxy) is 6. The number of nitrogens with one attached hydrogen (secondary N) is 4. The first kappa shape index (κ1) is 98.0. The van der Waals surface area contributed by atoms with Gasteiger partial charge in [0.05, 0.1) is 84.4 Å². The monoisotopic (exact) mass is 1950 g/mol. The zero-order chi connectivity index (χ0) is 94.7. The van der Waals surface area contributed by atoms with Crippen molar-refractivity contribution in [2.24, 2.45) is 28.2 Å². The highest BCUT2D eigenvalue weighted by molar-refractivity contribution is 14.1. The fraction of sp³-hybridized carbons (Fsp3) is 0.333. The largest absolute Gasteiger partial charge is 0.493 e. The van der Waals surface area contributed by atoms with Crippen LogP contribution in [0.2, 0.25) is 0 Å². The van der Waals surface area contributed by atoms with Gasteiger partial charge in [0.1, 0.15) is 58.1 Å². The van der Waals surface area contributed by atoms with Crippen LogP contribution in [0.5, 0.6) is 46.0 Å². The van der Waals surface area contributed by atoms with Crippen molar-refractivity contribution in [3.8, 4) is 46.0 Å². The Labute approximate surface area is 767 Å². The summed E-state index contributed by atoms with van der Waals surface area (Å²) in [6.07, 6.45) is 6.41. The zero-order valence-electron chi connectivity index (χ0n) is 73.1. The van der Waals surface area contributed by atoms with E-state index in [9.17, 15) is 89.1 Å². The molecule has 6 heterocycles. The van der Waals surface area contributed by atoms with Crippen molar-refractivity contribution in [2.75, 3.05) is 44.4 Å². The molecule has 0 saturated carbocycles. The maximum Gasteiger partial charge on any atom is 0.335 e. The molecule has 2 unspecified atom stereocenters. The van der Waals surface area contributed by atoms with Crippen molar-refractivity contribution in [3.05, 3.63) is 223 Å². The van der Waals surface area contributed by atoms with Gasteiger partial charge in [0.2, 0.25) is 23.6 Å². The lowest BCUT2D eigenvalue weighted by Crippen LogP contribution is -2.54. The average Bonchev–Trinajstić information content (AvgIpc) is 1.59. The molecular weight excluding hydrogens is 1850 g/mol. The van der Waals surface area contributed by atoms with E-state index in [2.05, 4.69) is 50.8 Å². The van der Waals surface area contributed by atoms with Crippen molar-refractivity contribution in [1.29, 1.82) is 0 Å². The van der Waals surface area contributed by atoms with Crippen LogP contribution in [0.1, 0.15) is 178 Å². The number of aromatic nitrogens is 4. The first-order valence-corrected chi connectivity index (χ1v) is 47.6. The number of imidazole rings is 2. The standard InChI is InChI=1S/C46H47N5O12S.C26H26N2O7S.C20H23N3O6.CH3I/c1-4-21-61-30-12-9-13-31(24-30)63-39-25-36-35(49(2)46(58)50(36)3)23-29(39)27-64(59,60)32-14-8-11-28(22-32)37(52)16-6-5-7-20-47-41(54)26-62-38-17-10-15-33-42(38)45(57)51(44(33)56)34-18-19-40(53)48-43(34)55;1-4-11-34-19-8-6-9-20(14-19)35-24-15-23-22(27(2)26(31)28(23)3)13-18(24)16-36(32,33)21-10-5-7-17(12-21)25(29)30;1-2-3-4-10-21-16(25)11-29-14-7-5-6-12-17(14)20(28)23(19(12)27)13-8-9-15(24)22-18(13)26;1-2/h8-15,17,22-25,34H,4-7,16,18-21,26-27H2,1-3H3,(H,47,54)(H,48,53,55);5-10,12-15H,4,11,16H2,1-3H3,(H,29,30);5-7,13H,2-4,8-11H2,1H3,(H,21,25)(H,22,24,26);1H3.